The average Bonchev–Trinajstić information content (AvgIpc) is 3.17. The number of hydrogen-bond donors (Lipinski definition) is 2. The normalized spacial score (nSPS) is 20.3. The minimum Gasteiger partial charge on any atom is -0.413 e. The summed E-state index contributed by atoms with van der Waals surface area (Å²) in [6.45, 7) is 15.0. The van der Waals surface area contributed by atoms with Crippen molar-refractivity contribution in [3.63, 3.8) is 0 Å². The second kappa shape index (κ2) is 9.79. The number of rotatable bonds is 9. The lowest BCUT2D eigenvalue weighted by molar-refractivity contribution is 0.0397. The van der Waals surface area contributed by atoms with Gasteiger partial charge >= 0.3 is 0 Å². The van der Waals surface area contributed by atoms with E-state index < -0.39 is 0 Å². The topological polar surface area (TPSA) is 33.3 Å². The molecule has 3 unspecified atom stereocenters. The Morgan fingerprint density at radius 3 is 2.64 bits per heavy atom. The van der Waals surface area contributed by atoms with Gasteiger partial charge in [-0.05, 0) is 48.9 Å². The third kappa shape index (κ3) is 5.45. The highest BCUT2D eigenvalue weighted by molar-refractivity contribution is 5.63. The summed E-state index contributed by atoms with van der Waals surface area (Å²) in [7, 11) is 0. The van der Waals surface area contributed by atoms with Gasteiger partial charge in [0.15, 0.2) is 0 Å². The van der Waals surface area contributed by atoms with Crippen LogP contribution in [-0.4, -0.2) is 13.1 Å². The maximum Gasteiger partial charge on any atom is 0.121 e. The number of benzene rings is 1. The molecular formula is C22H34N2O. The molecule has 1 aliphatic heterocycles. The smallest absolute Gasteiger partial charge is 0.121 e. The van der Waals surface area contributed by atoms with Crippen LogP contribution in [0.5, 0.6) is 0 Å². The average molecular weight is 343 g/mol. The van der Waals surface area contributed by atoms with Crippen molar-refractivity contribution in [2.75, 3.05) is 13.1 Å². The zero-order valence-corrected chi connectivity index (χ0v) is 16.3. The maximum absolute atomic E-state index is 5.89. The minimum atomic E-state index is 0.167. The first-order valence-electron chi connectivity index (χ1n) is 9.65. The Labute approximate surface area is 153 Å². The third-order valence-corrected chi connectivity index (χ3v) is 5.28. The monoisotopic (exact) mass is 342 g/mol. The highest BCUT2D eigenvalue weighted by Crippen LogP contribution is 2.27. The standard InChI is InChI=1S/C22H34N2O/c1-6-8-17(4)19-9-11-20(12-10-19)22(16(3)7-2)24-25-18(5)21-13-14-23-15-21/h8-12,16,21-24H,5-7,13-15H2,1-4H3/b17-8+. The first-order chi connectivity index (χ1) is 12.1. The fourth-order valence-corrected chi connectivity index (χ4v) is 3.28. The van der Waals surface area contributed by atoms with Crippen molar-refractivity contribution < 1.29 is 4.84 Å². The Morgan fingerprint density at radius 2 is 2.08 bits per heavy atom. The fraction of sp³-hybridized carbons (Fsp3) is 0.545. The molecule has 2 rings (SSSR count). The second-order valence-electron chi connectivity index (χ2n) is 7.16. The van der Waals surface area contributed by atoms with Gasteiger partial charge in [0.1, 0.15) is 5.76 Å². The molecule has 1 heterocycles. The molecule has 0 amide bonds. The third-order valence-electron chi connectivity index (χ3n) is 5.28. The Morgan fingerprint density at radius 1 is 1.36 bits per heavy atom. The molecule has 138 valence electrons. The van der Waals surface area contributed by atoms with Gasteiger partial charge in [-0.15, -0.1) is 5.48 Å². The van der Waals surface area contributed by atoms with Crippen LogP contribution >= 0.6 is 0 Å². The van der Waals surface area contributed by atoms with Gasteiger partial charge in [-0.3, -0.25) is 0 Å². The molecule has 0 aliphatic carbocycles. The van der Waals surface area contributed by atoms with Gasteiger partial charge in [-0.25, -0.2) is 0 Å². The minimum absolute atomic E-state index is 0.167. The number of hydroxylamine groups is 1. The summed E-state index contributed by atoms with van der Waals surface area (Å²) in [6, 6.07) is 9.03. The Hall–Kier alpha value is -1.58. The molecule has 2 N–H and O–H groups in total. The molecule has 0 spiro atoms. The maximum atomic E-state index is 5.89. The number of nitrogens with one attached hydrogen (secondary N) is 2. The first kappa shape index (κ1) is 19.7. The van der Waals surface area contributed by atoms with Crippen LogP contribution < -0.4 is 10.8 Å². The Bertz CT molecular complexity index is 570. The lowest BCUT2D eigenvalue weighted by Gasteiger charge is -2.26. The van der Waals surface area contributed by atoms with Gasteiger partial charge < -0.3 is 10.2 Å². The van der Waals surface area contributed by atoms with E-state index >= 15 is 0 Å². The van der Waals surface area contributed by atoms with Crippen molar-refractivity contribution in [3.05, 3.63) is 53.8 Å². The predicted octanol–water partition coefficient (Wildman–Crippen LogP) is 5.23. The van der Waals surface area contributed by atoms with Crippen LogP contribution in [-0.2, 0) is 4.84 Å². The second-order valence-corrected chi connectivity index (χ2v) is 7.16. The highest BCUT2D eigenvalue weighted by Gasteiger charge is 2.23. The molecule has 0 saturated carbocycles. The van der Waals surface area contributed by atoms with Crippen molar-refractivity contribution >= 4 is 5.57 Å². The summed E-state index contributed by atoms with van der Waals surface area (Å²) in [6.07, 6.45) is 5.53. The number of hydrogen-bond acceptors (Lipinski definition) is 3. The van der Waals surface area contributed by atoms with E-state index in [1.165, 1.54) is 16.7 Å². The molecule has 1 fully saturated rings. The predicted molar refractivity (Wildman–Crippen MR) is 107 cm³/mol. The zero-order chi connectivity index (χ0) is 18.2. The quantitative estimate of drug-likeness (QED) is 0.476. The Kier molecular flexibility index (Phi) is 7.73. The van der Waals surface area contributed by atoms with Crippen molar-refractivity contribution in [1.82, 2.24) is 10.8 Å². The molecule has 25 heavy (non-hydrogen) atoms. The van der Waals surface area contributed by atoms with Crippen molar-refractivity contribution in [1.29, 1.82) is 0 Å². The van der Waals surface area contributed by atoms with E-state index in [9.17, 15) is 0 Å². The van der Waals surface area contributed by atoms with Crippen LogP contribution in [0.2, 0.25) is 0 Å². The molecule has 1 aromatic rings. The molecule has 1 saturated heterocycles. The highest BCUT2D eigenvalue weighted by atomic mass is 16.6. The van der Waals surface area contributed by atoms with E-state index in [1.54, 1.807) is 0 Å². The molecule has 3 nitrogen and oxygen atoms in total. The van der Waals surface area contributed by atoms with E-state index in [1.807, 2.05) is 0 Å². The summed E-state index contributed by atoms with van der Waals surface area (Å²) in [5.41, 5.74) is 7.18. The van der Waals surface area contributed by atoms with Gasteiger partial charge in [0.05, 0.1) is 6.04 Å². The summed E-state index contributed by atoms with van der Waals surface area (Å²) in [5, 5.41) is 3.36. The molecule has 3 heteroatoms. The van der Waals surface area contributed by atoms with Gasteiger partial charge in [0.2, 0.25) is 0 Å². The van der Waals surface area contributed by atoms with E-state index in [0.29, 0.717) is 11.8 Å². The first-order valence-corrected chi connectivity index (χ1v) is 9.65. The molecule has 0 bridgehead atoms. The Balaban J connectivity index is 2.06. The van der Waals surface area contributed by atoms with Crippen molar-refractivity contribution in [2.45, 2.75) is 53.0 Å². The zero-order valence-electron chi connectivity index (χ0n) is 16.3. The van der Waals surface area contributed by atoms with Crippen molar-refractivity contribution in [2.24, 2.45) is 11.8 Å². The van der Waals surface area contributed by atoms with E-state index in [2.05, 4.69) is 75.4 Å². The van der Waals surface area contributed by atoms with Crippen LogP contribution in [0.1, 0.15) is 64.1 Å². The molecule has 1 aromatic carbocycles. The van der Waals surface area contributed by atoms with Crippen LogP contribution in [0.15, 0.2) is 42.7 Å². The summed E-state index contributed by atoms with van der Waals surface area (Å²) < 4.78 is 0. The lowest BCUT2D eigenvalue weighted by Crippen LogP contribution is -2.28. The van der Waals surface area contributed by atoms with Crippen molar-refractivity contribution in [3.8, 4) is 0 Å². The lowest BCUT2D eigenvalue weighted by atomic mass is 9.92. The largest absolute Gasteiger partial charge is 0.413 e. The molecule has 3 atom stereocenters. The SMILES string of the molecule is C=C(ONC(c1ccc(/C(C)=C/CC)cc1)C(C)CC)C1CCNC1. The fourth-order valence-electron chi connectivity index (χ4n) is 3.28. The van der Waals surface area contributed by atoms with Crippen LogP contribution in [0.25, 0.3) is 5.57 Å². The molecule has 0 radical (unpaired) electrons. The van der Waals surface area contributed by atoms with Gasteiger partial charge in [-0.1, -0.05) is 64.1 Å². The van der Waals surface area contributed by atoms with Gasteiger partial charge in [0, 0.05) is 12.5 Å². The van der Waals surface area contributed by atoms with Crippen LogP contribution in [0, 0.1) is 11.8 Å². The van der Waals surface area contributed by atoms with E-state index in [-0.39, 0.29) is 6.04 Å². The summed E-state index contributed by atoms with van der Waals surface area (Å²) in [4.78, 5) is 5.89. The van der Waals surface area contributed by atoms with E-state index in [0.717, 1.165) is 38.1 Å². The number of allylic oxidation sites excluding steroid dienone is 2. The molecule has 1 aliphatic rings. The molecule has 0 aromatic heterocycles. The summed E-state index contributed by atoms with van der Waals surface area (Å²) in [5.74, 6) is 1.73. The van der Waals surface area contributed by atoms with Gasteiger partial charge in [0.25, 0.3) is 0 Å². The molecular weight excluding hydrogens is 308 g/mol. The van der Waals surface area contributed by atoms with Crippen LogP contribution in [0.3, 0.4) is 0 Å². The van der Waals surface area contributed by atoms with Gasteiger partial charge in [-0.2, -0.15) is 0 Å². The van der Waals surface area contributed by atoms with E-state index in [4.69, 9.17) is 4.84 Å². The summed E-state index contributed by atoms with van der Waals surface area (Å²) >= 11 is 0. The van der Waals surface area contributed by atoms with Crippen LogP contribution in [0.4, 0.5) is 0 Å².